The van der Waals surface area contributed by atoms with E-state index in [0.717, 1.165) is 10.0 Å². The Hall–Kier alpha value is -1.56. The number of hydrogen-bond donors (Lipinski definition) is 1. The van der Waals surface area contributed by atoms with Gasteiger partial charge in [0, 0.05) is 17.4 Å². The van der Waals surface area contributed by atoms with E-state index < -0.39 is 0 Å². The van der Waals surface area contributed by atoms with Crippen molar-refractivity contribution in [3.8, 4) is 5.75 Å². The number of benzene rings is 1. The van der Waals surface area contributed by atoms with Crippen LogP contribution in [0.5, 0.6) is 5.75 Å². The van der Waals surface area contributed by atoms with E-state index in [1.54, 1.807) is 13.2 Å². The first kappa shape index (κ1) is 12.9. The summed E-state index contributed by atoms with van der Waals surface area (Å²) in [4.78, 5) is 24.5. The van der Waals surface area contributed by atoms with E-state index in [-0.39, 0.29) is 18.5 Å². The second-order valence-electron chi connectivity index (χ2n) is 3.92. The minimum Gasteiger partial charge on any atom is -0.497 e. The maximum Gasteiger partial charge on any atom is 0.324 e. The zero-order chi connectivity index (χ0) is 13.1. The molecule has 6 heteroatoms. The van der Waals surface area contributed by atoms with Crippen molar-refractivity contribution in [3.05, 3.63) is 28.2 Å². The Bertz CT molecular complexity index is 474. The summed E-state index contributed by atoms with van der Waals surface area (Å²) in [6.07, 6.45) is 0.341. The highest BCUT2D eigenvalue weighted by Gasteiger charge is 2.26. The van der Waals surface area contributed by atoms with Crippen molar-refractivity contribution in [2.75, 3.05) is 13.7 Å². The van der Waals surface area contributed by atoms with Crippen molar-refractivity contribution in [3.63, 3.8) is 0 Å². The van der Waals surface area contributed by atoms with Crippen molar-refractivity contribution in [2.24, 2.45) is 0 Å². The maximum atomic E-state index is 11.7. The Labute approximate surface area is 113 Å². The predicted octanol–water partition coefficient (Wildman–Crippen LogP) is 1.90. The van der Waals surface area contributed by atoms with Gasteiger partial charge in [-0.25, -0.2) is 4.79 Å². The highest BCUT2D eigenvalue weighted by atomic mass is 79.9. The van der Waals surface area contributed by atoms with Crippen LogP contribution in [-0.4, -0.2) is 30.5 Å². The Morgan fingerprint density at radius 2 is 2.22 bits per heavy atom. The van der Waals surface area contributed by atoms with Crippen molar-refractivity contribution < 1.29 is 14.3 Å². The predicted molar refractivity (Wildman–Crippen MR) is 69.3 cm³/mol. The van der Waals surface area contributed by atoms with E-state index in [1.165, 1.54) is 4.90 Å². The number of urea groups is 1. The van der Waals surface area contributed by atoms with Crippen molar-refractivity contribution in [1.82, 2.24) is 10.2 Å². The van der Waals surface area contributed by atoms with E-state index in [0.29, 0.717) is 18.7 Å². The van der Waals surface area contributed by atoms with Crippen LogP contribution in [0.25, 0.3) is 0 Å². The second kappa shape index (κ2) is 5.39. The van der Waals surface area contributed by atoms with Gasteiger partial charge in [0.2, 0.25) is 5.91 Å². The number of carbonyl (C=O) groups excluding carboxylic acids is 2. The largest absolute Gasteiger partial charge is 0.497 e. The molecule has 1 N–H and O–H groups in total. The molecule has 0 radical (unpaired) electrons. The van der Waals surface area contributed by atoms with Gasteiger partial charge in [0.1, 0.15) is 5.75 Å². The van der Waals surface area contributed by atoms with Gasteiger partial charge in [0.15, 0.2) is 0 Å². The molecule has 0 aliphatic carbocycles. The van der Waals surface area contributed by atoms with Gasteiger partial charge < -0.3 is 10.1 Å². The Morgan fingerprint density at radius 3 is 2.89 bits per heavy atom. The molecule has 5 nitrogen and oxygen atoms in total. The van der Waals surface area contributed by atoms with Gasteiger partial charge in [-0.1, -0.05) is 15.9 Å². The number of nitrogens with one attached hydrogen (secondary N) is 1. The van der Waals surface area contributed by atoms with E-state index in [4.69, 9.17) is 4.74 Å². The third-order valence-electron chi connectivity index (χ3n) is 2.74. The van der Waals surface area contributed by atoms with Gasteiger partial charge in [-0.3, -0.25) is 9.69 Å². The minimum absolute atomic E-state index is 0.159. The van der Waals surface area contributed by atoms with Crippen LogP contribution >= 0.6 is 15.9 Å². The third-order valence-corrected chi connectivity index (χ3v) is 3.52. The molecule has 0 aromatic heterocycles. The lowest BCUT2D eigenvalue weighted by Gasteiger charge is -2.26. The van der Waals surface area contributed by atoms with Gasteiger partial charge in [-0.2, -0.15) is 0 Å². The molecule has 1 aromatic carbocycles. The zero-order valence-electron chi connectivity index (χ0n) is 9.90. The number of nitrogens with zero attached hydrogens (tertiary/aromatic N) is 1. The highest BCUT2D eigenvalue weighted by molar-refractivity contribution is 9.10. The highest BCUT2D eigenvalue weighted by Crippen LogP contribution is 2.24. The number of amides is 3. The smallest absolute Gasteiger partial charge is 0.324 e. The van der Waals surface area contributed by atoms with Crippen LogP contribution in [0.15, 0.2) is 22.7 Å². The standard InChI is InChI=1S/C12H13BrN2O3/c1-18-9-2-3-10(13)8(6-9)7-15-11(16)4-5-14-12(15)17/h2-3,6H,4-5,7H2,1H3,(H,14,17). The number of ether oxygens (including phenoxy) is 1. The molecule has 1 fully saturated rings. The summed E-state index contributed by atoms with van der Waals surface area (Å²) in [7, 11) is 1.58. The number of imide groups is 1. The van der Waals surface area contributed by atoms with Crippen LogP contribution in [0, 0.1) is 0 Å². The lowest BCUT2D eigenvalue weighted by atomic mass is 10.2. The van der Waals surface area contributed by atoms with E-state index in [2.05, 4.69) is 21.2 Å². The van der Waals surface area contributed by atoms with Crippen LogP contribution in [0.4, 0.5) is 4.79 Å². The van der Waals surface area contributed by atoms with Crippen LogP contribution in [0.2, 0.25) is 0 Å². The molecule has 96 valence electrons. The quantitative estimate of drug-likeness (QED) is 0.927. The molecule has 0 unspecified atom stereocenters. The Balaban J connectivity index is 2.22. The molecular weight excluding hydrogens is 300 g/mol. The molecule has 1 aliphatic rings. The number of carbonyl (C=O) groups is 2. The summed E-state index contributed by atoms with van der Waals surface area (Å²) in [6.45, 7) is 0.649. The molecule has 2 rings (SSSR count). The lowest BCUT2D eigenvalue weighted by Crippen LogP contribution is -2.49. The number of hydrogen-bond acceptors (Lipinski definition) is 3. The lowest BCUT2D eigenvalue weighted by molar-refractivity contribution is -0.129. The molecule has 1 heterocycles. The number of rotatable bonds is 3. The Kier molecular flexibility index (Phi) is 3.86. The molecule has 1 aliphatic heterocycles. The fraction of sp³-hybridized carbons (Fsp3) is 0.333. The molecule has 18 heavy (non-hydrogen) atoms. The van der Waals surface area contributed by atoms with Crippen LogP contribution < -0.4 is 10.1 Å². The molecule has 0 atom stereocenters. The second-order valence-corrected chi connectivity index (χ2v) is 4.77. The summed E-state index contributed by atoms with van der Waals surface area (Å²) >= 11 is 3.40. The summed E-state index contributed by atoms with van der Waals surface area (Å²) in [6, 6.07) is 5.10. The summed E-state index contributed by atoms with van der Waals surface area (Å²) in [5.41, 5.74) is 0.833. The van der Waals surface area contributed by atoms with Gasteiger partial charge in [-0.05, 0) is 23.8 Å². The van der Waals surface area contributed by atoms with Gasteiger partial charge >= 0.3 is 6.03 Å². The molecule has 3 amide bonds. The minimum atomic E-state index is -0.346. The van der Waals surface area contributed by atoms with Crippen LogP contribution in [-0.2, 0) is 11.3 Å². The molecule has 1 aromatic rings. The van der Waals surface area contributed by atoms with E-state index in [9.17, 15) is 9.59 Å². The van der Waals surface area contributed by atoms with Gasteiger partial charge in [0.05, 0.1) is 13.7 Å². The van der Waals surface area contributed by atoms with E-state index in [1.807, 2.05) is 12.1 Å². The maximum absolute atomic E-state index is 11.7. The SMILES string of the molecule is COc1ccc(Br)c(CN2C(=O)CCNC2=O)c1. The first-order chi connectivity index (χ1) is 8.61. The summed E-state index contributed by atoms with van der Waals surface area (Å²) in [5.74, 6) is 0.534. The molecule has 0 bridgehead atoms. The fourth-order valence-corrected chi connectivity index (χ4v) is 2.12. The molecule has 0 spiro atoms. The number of methoxy groups -OCH3 is 1. The van der Waals surface area contributed by atoms with Crippen LogP contribution in [0.3, 0.4) is 0 Å². The number of halogens is 1. The van der Waals surface area contributed by atoms with Gasteiger partial charge in [-0.15, -0.1) is 0 Å². The normalized spacial score (nSPS) is 15.6. The molecular formula is C12H13BrN2O3. The van der Waals surface area contributed by atoms with Crippen LogP contribution in [0.1, 0.15) is 12.0 Å². The Morgan fingerprint density at radius 1 is 1.44 bits per heavy atom. The first-order valence-corrected chi connectivity index (χ1v) is 6.31. The van der Waals surface area contributed by atoms with Crippen molar-refractivity contribution in [2.45, 2.75) is 13.0 Å². The van der Waals surface area contributed by atoms with Crippen molar-refractivity contribution >= 4 is 27.9 Å². The van der Waals surface area contributed by atoms with Crippen molar-refractivity contribution in [1.29, 1.82) is 0 Å². The van der Waals surface area contributed by atoms with Gasteiger partial charge in [0.25, 0.3) is 0 Å². The fourth-order valence-electron chi connectivity index (χ4n) is 1.75. The first-order valence-electron chi connectivity index (χ1n) is 5.52. The third kappa shape index (κ3) is 2.64. The monoisotopic (exact) mass is 312 g/mol. The summed E-state index contributed by atoms with van der Waals surface area (Å²) < 4.78 is 5.97. The van der Waals surface area contributed by atoms with E-state index >= 15 is 0 Å². The topological polar surface area (TPSA) is 58.6 Å². The zero-order valence-corrected chi connectivity index (χ0v) is 11.5. The molecule has 0 saturated carbocycles. The summed E-state index contributed by atoms with van der Waals surface area (Å²) in [5, 5.41) is 2.65. The average molecular weight is 313 g/mol. The average Bonchev–Trinajstić information content (AvgIpc) is 2.36. The molecule has 1 saturated heterocycles.